The Hall–Kier alpha value is -3.67. The molecule has 1 saturated heterocycles. The molecule has 1 fully saturated rings. The third kappa shape index (κ3) is 7.09. The molecule has 12 heteroatoms. The van der Waals surface area contributed by atoms with Crippen molar-refractivity contribution in [2.24, 2.45) is 5.73 Å². The van der Waals surface area contributed by atoms with E-state index >= 15 is 8.78 Å². The topological polar surface area (TPSA) is 94.3 Å². The largest absolute Gasteiger partial charge is 0.488 e. The molecule has 0 spiro atoms. The second kappa shape index (κ2) is 13.5. The molecule has 0 radical (unpaired) electrons. The molecule has 0 bridgehead atoms. The molecule has 270 valence electrons. The fraction of sp³-hybridized carbons (Fsp3) is 0.474. The summed E-state index contributed by atoms with van der Waals surface area (Å²) in [7, 11) is -2.14. The number of rotatable bonds is 8. The van der Waals surface area contributed by atoms with E-state index < -0.39 is 43.1 Å². The number of primary amides is 1. The number of amides is 2. The summed E-state index contributed by atoms with van der Waals surface area (Å²) in [5.74, 6) is -2.71. The smallest absolute Gasteiger partial charge is 0.410 e. The van der Waals surface area contributed by atoms with Crippen molar-refractivity contribution < 1.29 is 32.3 Å². The first kappa shape index (κ1) is 37.6. The van der Waals surface area contributed by atoms with Crippen molar-refractivity contribution in [1.82, 2.24) is 4.90 Å². The molecular weight excluding hydrogens is 680 g/mol. The highest BCUT2D eigenvalue weighted by molar-refractivity contribution is 6.74. The molecule has 3 aromatic carbocycles. The number of nitrogens with two attached hydrogens (primary N) is 1. The van der Waals surface area contributed by atoms with Gasteiger partial charge in [0.1, 0.15) is 18.0 Å². The van der Waals surface area contributed by atoms with Gasteiger partial charge in [0.25, 0.3) is 0 Å². The van der Waals surface area contributed by atoms with E-state index in [1.807, 2.05) is 42.2 Å². The molecule has 2 amide bonds. The normalized spacial score (nSPS) is 18.4. The van der Waals surface area contributed by atoms with Crippen LogP contribution < -0.4 is 15.4 Å². The number of hydrogen-bond donors (Lipinski definition) is 1. The lowest BCUT2D eigenvalue weighted by Crippen LogP contribution is -2.60. The molecule has 3 aromatic rings. The lowest BCUT2D eigenvalue weighted by molar-refractivity contribution is 0.0164. The molecule has 50 heavy (non-hydrogen) atoms. The highest BCUT2D eigenvalue weighted by atomic mass is 35.5. The molecule has 0 saturated carbocycles. The SMILES string of the molecule is C[C@@H](COc1ccc(C(N)=O)c(-c2c(Cl)c(F)cc3c2CC2(c4ccccc4)CN(C(=O)OC(C)(C)C)CCN32)c1F)O[Si](C)(C)C(C)(C)C. The fourth-order valence-electron chi connectivity index (χ4n) is 6.66. The molecule has 2 N–H and O–H groups in total. The Morgan fingerprint density at radius 2 is 1.68 bits per heavy atom. The Kier molecular flexibility index (Phi) is 10.1. The Labute approximate surface area is 299 Å². The minimum atomic E-state index is -2.14. The summed E-state index contributed by atoms with van der Waals surface area (Å²) in [4.78, 5) is 29.9. The number of fused-ring (bicyclic) bond motifs is 3. The lowest BCUT2D eigenvalue weighted by atomic mass is 9.82. The van der Waals surface area contributed by atoms with Crippen molar-refractivity contribution in [3.05, 3.63) is 81.9 Å². The minimum Gasteiger partial charge on any atom is -0.488 e. The van der Waals surface area contributed by atoms with Gasteiger partial charge in [0.05, 0.1) is 28.8 Å². The zero-order valence-electron chi connectivity index (χ0n) is 30.4. The average Bonchev–Trinajstić information content (AvgIpc) is 3.34. The summed E-state index contributed by atoms with van der Waals surface area (Å²) >= 11 is 6.74. The van der Waals surface area contributed by atoms with Gasteiger partial charge in [-0.05, 0) is 75.2 Å². The van der Waals surface area contributed by atoms with E-state index in [9.17, 15) is 9.59 Å². The molecule has 2 heterocycles. The fourth-order valence-corrected chi connectivity index (χ4v) is 8.35. The van der Waals surface area contributed by atoms with Crippen molar-refractivity contribution in [3.63, 3.8) is 0 Å². The Bertz CT molecular complexity index is 1790. The van der Waals surface area contributed by atoms with Gasteiger partial charge in [0.15, 0.2) is 19.9 Å². The quantitative estimate of drug-likeness (QED) is 0.234. The molecule has 2 aliphatic rings. The van der Waals surface area contributed by atoms with Crippen LogP contribution in [0.5, 0.6) is 5.75 Å². The van der Waals surface area contributed by atoms with Crippen LogP contribution in [0.25, 0.3) is 11.1 Å². The van der Waals surface area contributed by atoms with E-state index in [4.69, 9.17) is 31.2 Å². The summed E-state index contributed by atoms with van der Waals surface area (Å²) in [6.45, 7) is 18.8. The van der Waals surface area contributed by atoms with Crippen molar-refractivity contribution in [2.45, 2.75) is 90.3 Å². The predicted octanol–water partition coefficient (Wildman–Crippen LogP) is 8.68. The van der Waals surface area contributed by atoms with Crippen molar-refractivity contribution in [1.29, 1.82) is 0 Å². The first-order valence-corrected chi connectivity index (χ1v) is 20.2. The number of benzene rings is 3. The second-order valence-corrected chi connectivity index (χ2v) is 21.0. The number of piperazine rings is 1. The van der Waals surface area contributed by atoms with Gasteiger partial charge in [-0.2, -0.15) is 0 Å². The van der Waals surface area contributed by atoms with E-state index in [0.29, 0.717) is 24.3 Å². The number of nitrogens with zero attached hydrogens (tertiary/aromatic N) is 2. The van der Waals surface area contributed by atoms with E-state index in [1.54, 1.807) is 25.7 Å². The van der Waals surface area contributed by atoms with Crippen LogP contribution in [0.4, 0.5) is 19.3 Å². The molecule has 2 aliphatic heterocycles. The molecule has 1 unspecified atom stereocenters. The van der Waals surface area contributed by atoms with Crippen LogP contribution in [0, 0.1) is 11.6 Å². The second-order valence-electron chi connectivity index (χ2n) is 15.8. The number of halogens is 3. The highest BCUT2D eigenvalue weighted by Crippen LogP contribution is 2.53. The lowest BCUT2D eigenvalue weighted by Gasteiger charge is -2.48. The molecular formula is C38H48ClF2N3O5Si. The summed E-state index contributed by atoms with van der Waals surface area (Å²) in [6, 6.07) is 13.7. The zero-order valence-corrected chi connectivity index (χ0v) is 32.1. The van der Waals surface area contributed by atoms with Gasteiger partial charge in [-0.15, -0.1) is 0 Å². The maximum absolute atomic E-state index is 16.8. The van der Waals surface area contributed by atoms with Crippen LogP contribution in [-0.2, 0) is 21.1 Å². The highest BCUT2D eigenvalue weighted by Gasteiger charge is 2.51. The Morgan fingerprint density at radius 1 is 1.02 bits per heavy atom. The first-order valence-electron chi connectivity index (χ1n) is 16.9. The average molecular weight is 728 g/mol. The van der Waals surface area contributed by atoms with Gasteiger partial charge in [-0.3, -0.25) is 4.79 Å². The van der Waals surface area contributed by atoms with Crippen molar-refractivity contribution >= 4 is 37.6 Å². The molecule has 5 rings (SSSR count). The van der Waals surface area contributed by atoms with Crippen LogP contribution >= 0.6 is 11.6 Å². The van der Waals surface area contributed by atoms with Crippen LogP contribution in [0.1, 0.15) is 70.0 Å². The maximum Gasteiger partial charge on any atom is 0.410 e. The third-order valence-corrected chi connectivity index (χ3v) is 15.0. The Morgan fingerprint density at radius 3 is 2.28 bits per heavy atom. The summed E-state index contributed by atoms with van der Waals surface area (Å²) in [6.07, 6.45) is -0.598. The third-order valence-electron chi connectivity index (χ3n) is 9.99. The zero-order chi connectivity index (χ0) is 37.0. The van der Waals surface area contributed by atoms with E-state index in [-0.39, 0.29) is 58.2 Å². The van der Waals surface area contributed by atoms with Crippen molar-refractivity contribution in [2.75, 3.05) is 31.1 Å². The van der Waals surface area contributed by atoms with Gasteiger partial charge in [0.2, 0.25) is 5.91 Å². The minimum absolute atomic E-state index is 0.0255. The van der Waals surface area contributed by atoms with Gasteiger partial charge >= 0.3 is 6.09 Å². The van der Waals surface area contributed by atoms with Crippen LogP contribution in [-0.4, -0.2) is 63.2 Å². The molecule has 0 aliphatic carbocycles. The number of anilines is 1. The molecule has 2 atom stereocenters. The molecule has 0 aromatic heterocycles. The van der Waals surface area contributed by atoms with Crippen molar-refractivity contribution in [3.8, 4) is 16.9 Å². The Balaban J connectivity index is 1.61. The number of carbonyl (C=O) groups is 2. The summed E-state index contributed by atoms with van der Waals surface area (Å²) < 4.78 is 50.9. The molecule has 8 nitrogen and oxygen atoms in total. The van der Waals surface area contributed by atoms with E-state index in [0.717, 1.165) is 5.56 Å². The van der Waals surface area contributed by atoms with Gasteiger partial charge in [-0.25, -0.2) is 13.6 Å². The van der Waals surface area contributed by atoms with Crippen LogP contribution in [0.15, 0.2) is 48.5 Å². The number of hydrogen-bond acceptors (Lipinski definition) is 6. The monoisotopic (exact) mass is 727 g/mol. The van der Waals surface area contributed by atoms with E-state index in [1.165, 1.54) is 18.2 Å². The maximum atomic E-state index is 16.8. The van der Waals surface area contributed by atoms with Crippen LogP contribution in [0.3, 0.4) is 0 Å². The standard InChI is InChI=1S/C38H48ClF2N3O5Si/c1-23(49-50(8,9)37(5,6)7)21-47-29-16-15-25(34(42)45)31(33(29)41)30-26-20-38(24-13-11-10-12-14-24)22-43(35(46)48-36(2,3)4)17-18-44(38)28(26)19-27(40)32(30)39/h10-16,19,23H,17-18,20-22H2,1-9H3,(H2,42,45)/t23-,38?/m0/s1. The summed E-state index contributed by atoms with van der Waals surface area (Å²) in [5.41, 5.74) is 5.74. The number of ether oxygens (including phenoxy) is 2. The number of carbonyl (C=O) groups excluding carboxylic acids is 2. The van der Waals surface area contributed by atoms with Gasteiger partial charge in [0, 0.05) is 36.3 Å². The predicted molar refractivity (Wildman–Crippen MR) is 196 cm³/mol. The van der Waals surface area contributed by atoms with E-state index in [2.05, 4.69) is 33.9 Å². The van der Waals surface area contributed by atoms with Gasteiger partial charge in [-0.1, -0.05) is 62.7 Å². The van der Waals surface area contributed by atoms with Crippen LogP contribution in [0.2, 0.25) is 23.2 Å². The first-order chi connectivity index (χ1) is 23.2. The summed E-state index contributed by atoms with van der Waals surface area (Å²) in [5, 5.41) is -0.380. The van der Waals surface area contributed by atoms with Gasteiger partial charge < -0.3 is 29.4 Å².